The van der Waals surface area contributed by atoms with Gasteiger partial charge in [-0.25, -0.2) is 9.13 Å². The van der Waals surface area contributed by atoms with Crippen molar-refractivity contribution in [3.8, 4) is 11.4 Å². The van der Waals surface area contributed by atoms with Crippen LogP contribution in [0.1, 0.15) is 9.68 Å². The Morgan fingerprint density at radius 2 is 2.20 bits per heavy atom. The van der Waals surface area contributed by atoms with Gasteiger partial charge < -0.3 is 4.40 Å². The van der Waals surface area contributed by atoms with Crippen molar-refractivity contribution in [2.24, 2.45) is 6.98 Å². The third kappa shape index (κ3) is 1.02. The number of aromatic nitrogens is 5. The molecular formula is C15H12N5+. The molecule has 4 aromatic rings. The summed E-state index contributed by atoms with van der Waals surface area (Å²) in [5, 5.41) is 0. The number of hydrogen-bond acceptors (Lipinski definition) is 2. The van der Waals surface area contributed by atoms with Crippen LogP contribution in [0.4, 0.5) is 0 Å². The highest BCUT2D eigenvalue weighted by atomic mass is 15.2. The second kappa shape index (κ2) is 3.25. The topological polar surface area (TPSA) is 39.0 Å². The summed E-state index contributed by atoms with van der Waals surface area (Å²) in [6.07, 6.45) is 10.6. The zero-order valence-electron chi connectivity index (χ0n) is 13.5. The summed E-state index contributed by atoms with van der Waals surface area (Å²) in [7, 11) is 0. The summed E-state index contributed by atoms with van der Waals surface area (Å²) in [5.41, 5.74) is 4.43. The van der Waals surface area contributed by atoms with E-state index in [1.54, 1.807) is 24.8 Å². The Morgan fingerprint density at radius 3 is 3.15 bits per heavy atom. The number of rotatable bonds is 0. The van der Waals surface area contributed by atoms with Gasteiger partial charge in [-0.2, -0.15) is 0 Å². The lowest BCUT2D eigenvalue weighted by atomic mass is 10.2. The second-order valence-corrected chi connectivity index (χ2v) is 5.01. The van der Waals surface area contributed by atoms with Crippen LogP contribution in [0.25, 0.3) is 27.9 Å². The summed E-state index contributed by atoms with van der Waals surface area (Å²) in [6, 6.07) is 1.88. The van der Waals surface area contributed by atoms with E-state index in [4.69, 9.17) is 4.11 Å². The fourth-order valence-electron chi connectivity index (χ4n) is 3.13. The van der Waals surface area contributed by atoms with Gasteiger partial charge in [0.1, 0.15) is 12.1 Å². The van der Waals surface area contributed by atoms with Gasteiger partial charge in [0.2, 0.25) is 5.52 Å². The van der Waals surface area contributed by atoms with Crippen LogP contribution in [0.2, 0.25) is 0 Å². The quantitative estimate of drug-likeness (QED) is 0.398. The minimum absolute atomic E-state index is 0.618. The molecule has 4 aromatic heterocycles. The maximum atomic E-state index is 8.00. The summed E-state index contributed by atoms with van der Waals surface area (Å²) in [6.45, 7) is -1.64. The molecule has 0 saturated carbocycles. The Morgan fingerprint density at radius 1 is 1.25 bits per heavy atom. The van der Waals surface area contributed by atoms with Crippen molar-refractivity contribution in [3.05, 3.63) is 48.8 Å². The van der Waals surface area contributed by atoms with Crippen molar-refractivity contribution in [1.29, 1.82) is 0 Å². The Balaban J connectivity index is 2.01. The molecule has 0 spiro atoms. The van der Waals surface area contributed by atoms with Gasteiger partial charge in [-0.3, -0.25) is 9.97 Å². The van der Waals surface area contributed by atoms with Gasteiger partial charge in [-0.1, -0.05) is 0 Å². The molecule has 1 aliphatic rings. The van der Waals surface area contributed by atoms with Gasteiger partial charge in [-0.15, -0.1) is 0 Å². The fourth-order valence-corrected chi connectivity index (χ4v) is 3.13. The van der Waals surface area contributed by atoms with Crippen LogP contribution in [0.3, 0.4) is 0 Å². The molecule has 0 aromatic carbocycles. The largest absolute Gasteiger partial charge is 0.313 e. The lowest BCUT2D eigenvalue weighted by Gasteiger charge is -1.94. The van der Waals surface area contributed by atoms with E-state index in [9.17, 15) is 0 Å². The molecule has 0 aliphatic carbocycles. The average molecular weight is 265 g/mol. The zero-order valence-corrected chi connectivity index (χ0v) is 10.5. The predicted molar refractivity (Wildman–Crippen MR) is 74.2 cm³/mol. The molecule has 5 rings (SSSR count). The van der Waals surface area contributed by atoms with E-state index < -0.39 is 6.98 Å². The van der Waals surface area contributed by atoms with Crippen LogP contribution >= 0.6 is 0 Å². The number of hydrogen-bond donors (Lipinski definition) is 0. The van der Waals surface area contributed by atoms with Crippen molar-refractivity contribution < 1.29 is 8.68 Å². The van der Waals surface area contributed by atoms with E-state index in [0.29, 0.717) is 17.9 Å². The number of fused-ring (bicyclic) bond motifs is 7. The first-order chi connectivity index (χ1) is 11.1. The molecule has 0 fully saturated rings. The summed E-state index contributed by atoms with van der Waals surface area (Å²) in [4.78, 5) is 8.34. The van der Waals surface area contributed by atoms with Crippen molar-refractivity contribution in [2.45, 2.75) is 6.54 Å². The molecule has 0 amide bonds. The molecule has 0 radical (unpaired) electrons. The molecule has 0 saturated heterocycles. The van der Waals surface area contributed by atoms with Crippen LogP contribution in [0, 0.1) is 0 Å². The van der Waals surface area contributed by atoms with E-state index >= 15 is 0 Å². The van der Waals surface area contributed by atoms with E-state index in [-0.39, 0.29) is 0 Å². The number of aryl methyl sites for hydroxylation is 1. The van der Waals surface area contributed by atoms with Crippen LogP contribution < -0.4 is 4.57 Å². The molecule has 0 N–H and O–H groups in total. The van der Waals surface area contributed by atoms with Gasteiger partial charge in [0, 0.05) is 30.4 Å². The van der Waals surface area contributed by atoms with E-state index in [0.717, 1.165) is 22.2 Å². The first-order valence-corrected chi connectivity index (χ1v) is 6.38. The van der Waals surface area contributed by atoms with Crippen molar-refractivity contribution in [1.82, 2.24) is 18.9 Å². The summed E-state index contributed by atoms with van der Waals surface area (Å²) < 4.78 is 29.4. The summed E-state index contributed by atoms with van der Waals surface area (Å²) >= 11 is 0. The molecule has 5 nitrogen and oxygen atoms in total. The highest BCUT2D eigenvalue weighted by Gasteiger charge is 2.34. The normalized spacial score (nSPS) is 15.9. The molecule has 0 unspecified atom stereocenters. The first-order valence-electron chi connectivity index (χ1n) is 7.88. The smallest absolute Gasteiger partial charge is 0.290 e. The third-order valence-corrected chi connectivity index (χ3v) is 3.99. The van der Waals surface area contributed by atoms with Gasteiger partial charge in [0.25, 0.3) is 5.82 Å². The van der Waals surface area contributed by atoms with Gasteiger partial charge in [0.05, 0.1) is 29.0 Å². The van der Waals surface area contributed by atoms with E-state index in [1.165, 1.54) is 4.57 Å². The molecule has 5 heterocycles. The highest BCUT2D eigenvalue weighted by Crippen LogP contribution is 2.31. The predicted octanol–water partition coefficient (Wildman–Crippen LogP) is 1.54. The zero-order chi connectivity index (χ0) is 15.8. The molecule has 0 bridgehead atoms. The standard InChI is InChI=1S/C15H12N5/c1-18-13-9-19-5-4-17-7-12(19)14(13)20-8-10-6-16-3-2-11(10)15(18)20/h2-7,9H,8H2,1H3/q+1/i1D3. The van der Waals surface area contributed by atoms with Gasteiger partial charge in [-0.05, 0) is 6.07 Å². The maximum absolute atomic E-state index is 8.00. The minimum atomic E-state index is -2.26. The van der Waals surface area contributed by atoms with Crippen LogP contribution in [-0.4, -0.2) is 18.9 Å². The third-order valence-electron chi connectivity index (χ3n) is 3.99. The number of imidazole rings is 1. The minimum Gasteiger partial charge on any atom is -0.313 e. The van der Waals surface area contributed by atoms with Crippen LogP contribution in [0.5, 0.6) is 0 Å². The molecular weight excluding hydrogens is 250 g/mol. The molecule has 20 heavy (non-hydrogen) atoms. The molecule has 1 aliphatic heterocycles. The first kappa shape index (κ1) is 7.79. The Kier molecular flexibility index (Phi) is 1.27. The van der Waals surface area contributed by atoms with E-state index in [1.807, 2.05) is 27.4 Å². The molecule has 5 heteroatoms. The monoisotopic (exact) mass is 265 g/mol. The lowest BCUT2D eigenvalue weighted by molar-refractivity contribution is -0.645. The SMILES string of the molecule is [2H]C([2H])([2H])n1c2[n+](c3c1cn1ccncc31)Cc1cnccc1-2. The lowest BCUT2D eigenvalue weighted by Crippen LogP contribution is -2.31. The second-order valence-electron chi connectivity index (χ2n) is 5.01. The van der Waals surface area contributed by atoms with E-state index in [2.05, 4.69) is 9.97 Å². The number of nitrogens with zero attached hydrogens (tertiary/aromatic N) is 5. The van der Waals surface area contributed by atoms with Crippen molar-refractivity contribution in [2.75, 3.05) is 0 Å². The fraction of sp³-hybridized carbons (Fsp3) is 0.133. The van der Waals surface area contributed by atoms with Crippen LogP contribution in [0.15, 0.2) is 43.2 Å². The Bertz CT molecular complexity index is 1090. The highest BCUT2D eigenvalue weighted by molar-refractivity contribution is 5.91. The molecule has 96 valence electrons. The van der Waals surface area contributed by atoms with Crippen LogP contribution in [-0.2, 0) is 13.5 Å². The molecule has 0 atom stereocenters. The Hall–Kier alpha value is -2.69. The van der Waals surface area contributed by atoms with Gasteiger partial charge in [0.15, 0.2) is 5.52 Å². The van der Waals surface area contributed by atoms with Crippen molar-refractivity contribution >= 4 is 16.6 Å². The Labute approximate surface area is 119 Å². The average Bonchev–Trinajstić information content (AvgIpc) is 3.12. The summed E-state index contributed by atoms with van der Waals surface area (Å²) in [5.74, 6) is 0.707. The number of pyridine rings is 1. The van der Waals surface area contributed by atoms with Gasteiger partial charge >= 0.3 is 0 Å². The maximum Gasteiger partial charge on any atom is 0.290 e. The van der Waals surface area contributed by atoms with Crippen molar-refractivity contribution in [3.63, 3.8) is 0 Å².